The third-order valence-electron chi connectivity index (χ3n) is 7.06. The molecule has 0 aliphatic carbocycles. The first-order chi connectivity index (χ1) is 15.8. The molecule has 3 aliphatic rings. The normalized spacial score (nSPS) is 22.6. The molecule has 2 fully saturated rings. The second-order valence-corrected chi connectivity index (χ2v) is 9.23. The van der Waals surface area contributed by atoms with Gasteiger partial charge >= 0.3 is 0 Å². The Bertz CT molecular complexity index is 1040. The summed E-state index contributed by atoms with van der Waals surface area (Å²) in [5.41, 5.74) is 3.50. The Morgan fingerprint density at radius 3 is 2.69 bits per heavy atom. The maximum Gasteiger partial charge on any atom is 0.231 e. The Labute approximate surface area is 188 Å². The zero-order valence-corrected chi connectivity index (χ0v) is 18.5. The van der Waals surface area contributed by atoms with Gasteiger partial charge in [0.1, 0.15) is 5.82 Å². The molecular weight excluding hydrogens is 402 g/mol. The number of hydrogen-bond donors (Lipinski definition) is 1. The van der Waals surface area contributed by atoms with Crippen molar-refractivity contribution in [2.24, 2.45) is 0 Å². The summed E-state index contributed by atoms with van der Waals surface area (Å²) < 4.78 is 11.0. The van der Waals surface area contributed by atoms with Crippen LogP contribution in [0.5, 0.6) is 11.5 Å². The van der Waals surface area contributed by atoms with Crippen LogP contribution in [0.2, 0.25) is 0 Å². The fraction of sp³-hybridized carbons (Fsp3) is 0.480. The van der Waals surface area contributed by atoms with Crippen LogP contribution in [-0.2, 0) is 13.1 Å². The van der Waals surface area contributed by atoms with Crippen LogP contribution in [0.1, 0.15) is 24.2 Å². The van der Waals surface area contributed by atoms with Crippen LogP contribution in [-0.4, -0.2) is 76.8 Å². The van der Waals surface area contributed by atoms with Gasteiger partial charge in [0.15, 0.2) is 11.5 Å². The van der Waals surface area contributed by atoms with E-state index in [1.807, 2.05) is 6.07 Å². The van der Waals surface area contributed by atoms with Crippen molar-refractivity contribution in [3.05, 3.63) is 53.9 Å². The number of piperidine rings is 1. The second-order valence-electron chi connectivity index (χ2n) is 9.23. The van der Waals surface area contributed by atoms with E-state index in [2.05, 4.69) is 56.1 Å². The molecule has 3 aliphatic heterocycles. The first-order valence-electron chi connectivity index (χ1n) is 11.8. The van der Waals surface area contributed by atoms with Crippen molar-refractivity contribution in [2.45, 2.75) is 32.0 Å². The fourth-order valence-corrected chi connectivity index (χ4v) is 5.35. The molecule has 0 saturated carbocycles. The van der Waals surface area contributed by atoms with Crippen molar-refractivity contribution in [3.8, 4) is 11.5 Å². The smallest absolute Gasteiger partial charge is 0.231 e. The third-order valence-corrected chi connectivity index (χ3v) is 7.06. The van der Waals surface area contributed by atoms with Crippen LogP contribution < -0.4 is 9.47 Å². The summed E-state index contributed by atoms with van der Waals surface area (Å²) in [7, 11) is 0. The minimum absolute atomic E-state index is 0.339. The highest BCUT2D eigenvalue weighted by atomic mass is 16.7. The van der Waals surface area contributed by atoms with E-state index in [4.69, 9.17) is 14.5 Å². The van der Waals surface area contributed by atoms with Gasteiger partial charge in [-0.2, -0.15) is 0 Å². The van der Waals surface area contributed by atoms with Gasteiger partial charge in [-0.1, -0.05) is 18.2 Å². The highest BCUT2D eigenvalue weighted by Crippen LogP contribution is 2.33. The number of nitrogens with one attached hydrogen (secondary N) is 1. The Morgan fingerprint density at radius 2 is 1.78 bits per heavy atom. The number of H-pyrrole nitrogens is 1. The molecule has 1 aromatic heterocycles. The third kappa shape index (κ3) is 4.20. The molecule has 4 heterocycles. The van der Waals surface area contributed by atoms with Crippen molar-refractivity contribution < 1.29 is 9.47 Å². The lowest BCUT2D eigenvalue weighted by atomic mass is 10.0. The molecule has 3 aromatic rings. The zero-order chi connectivity index (χ0) is 21.3. The van der Waals surface area contributed by atoms with Gasteiger partial charge in [-0.05, 0) is 49.2 Å². The lowest BCUT2D eigenvalue weighted by molar-refractivity contribution is 0.0471. The van der Waals surface area contributed by atoms with Gasteiger partial charge in [-0.3, -0.25) is 14.7 Å². The molecule has 0 unspecified atom stereocenters. The number of piperazine rings is 1. The number of para-hydroxylation sites is 2. The van der Waals surface area contributed by atoms with E-state index < -0.39 is 0 Å². The first kappa shape index (κ1) is 20.0. The van der Waals surface area contributed by atoms with Crippen molar-refractivity contribution >= 4 is 11.0 Å². The standard InChI is InChI=1S/C25H31N5O2/c1-2-6-22-21(5-1)26-25(27-22)17-29-9-3-4-20(16-29)30-12-10-28(11-13-30)15-19-7-8-23-24(14-19)32-18-31-23/h1-2,5-8,14,20H,3-4,9-13,15-18H2,(H,26,27)/t20-/m0/s1. The van der Waals surface area contributed by atoms with Gasteiger partial charge in [0, 0.05) is 45.3 Å². The van der Waals surface area contributed by atoms with Crippen molar-refractivity contribution in [1.82, 2.24) is 24.7 Å². The summed E-state index contributed by atoms with van der Waals surface area (Å²) in [5.74, 6) is 2.83. The van der Waals surface area contributed by atoms with Gasteiger partial charge in [0.05, 0.1) is 17.6 Å². The zero-order valence-electron chi connectivity index (χ0n) is 18.5. The summed E-state index contributed by atoms with van der Waals surface area (Å²) in [6, 6.07) is 15.3. The molecule has 0 amide bonds. The molecule has 0 bridgehead atoms. The molecule has 168 valence electrons. The number of fused-ring (bicyclic) bond motifs is 2. The Kier molecular flexibility index (Phi) is 5.46. The molecule has 0 spiro atoms. The van der Waals surface area contributed by atoms with E-state index in [1.165, 1.54) is 18.4 Å². The quantitative estimate of drug-likeness (QED) is 0.668. The van der Waals surface area contributed by atoms with E-state index in [-0.39, 0.29) is 0 Å². The summed E-state index contributed by atoms with van der Waals surface area (Å²) in [6.45, 7) is 9.07. The number of aromatic amines is 1. The minimum Gasteiger partial charge on any atom is -0.454 e. The predicted molar refractivity (Wildman–Crippen MR) is 124 cm³/mol. The van der Waals surface area contributed by atoms with Crippen LogP contribution in [0.3, 0.4) is 0 Å². The molecule has 32 heavy (non-hydrogen) atoms. The second kappa shape index (κ2) is 8.73. The largest absolute Gasteiger partial charge is 0.454 e. The van der Waals surface area contributed by atoms with Gasteiger partial charge in [-0.25, -0.2) is 4.98 Å². The summed E-state index contributed by atoms with van der Waals surface area (Å²) in [4.78, 5) is 16.1. The van der Waals surface area contributed by atoms with E-state index >= 15 is 0 Å². The average molecular weight is 434 g/mol. The maximum atomic E-state index is 5.53. The van der Waals surface area contributed by atoms with Gasteiger partial charge in [-0.15, -0.1) is 0 Å². The van der Waals surface area contributed by atoms with Crippen LogP contribution in [0.25, 0.3) is 11.0 Å². The van der Waals surface area contributed by atoms with Crippen LogP contribution in [0.15, 0.2) is 42.5 Å². The molecule has 1 N–H and O–H groups in total. The summed E-state index contributed by atoms with van der Waals surface area (Å²) in [5, 5.41) is 0. The highest BCUT2D eigenvalue weighted by molar-refractivity contribution is 5.74. The van der Waals surface area contributed by atoms with Crippen LogP contribution in [0, 0.1) is 0 Å². The fourth-order valence-electron chi connectivity index (χ4n) is 5.35. The lowest BCUT2D eigenvalue weighted by Gasteiger charge is -2.43. The predicted octanol–water partition coefficient (Wildman–Crippen LogP) is 3.07. The number of benzene rings is 2. The van der Waals surface area contributed by atoms with Gasteiger partial charge in [0.2, 0.25) is 6.79 Å². The monoisotopic (exact) mass is 433 g/mol. The van der Waals surface area contributed by atoms with Gasteiger partial charge < -0.3 is 14.5 Å². The number of nitrogens with zero attached hydrogens (tertiary/aromatic N) is 4. The van der Waals surface area contributed by atoms with Crippen LogP contribution >= 0.6 is 0 Å². The number of imidazole rings is 1. The minimum atomic E-state index is 0.339. The average Bonchev–Trinajstić information content (AvgIpc) is 3.45. The van der Waals surface area contributed by atoms with E-state index in [0.717, 1.165) is 80.7 Å². The molecule has 7 heteroatoms. The molecule has 2 aromatic carbocycles. The number of likely N-dealkylation sites (tertiary alicyclic amines) is 1. The molecular formula is C25H31N5O2. The molecule has 0 radical (unpaired) electrons. The van der Waals surface area contributed by atoms with Crippen molar-refractivity contribution in [2.75, 3.05) is 46.1 Å². The number of aromatic nitrogens is 2. The Morgan fingerprint density at radius 1 is 0.906 bits per heavy atom. The van der Waals surface area contributed by atoms with E-state index in [0.29, 0.717) is 12.8 Å². The highest BCUT2D eigenvalue weighted by Gasteiger charge is 2.28. The number of hydrogen-bond acceptors (Lipinski definition) is 6. The maximum absolute atomic E-state index is 5.53. The summed E-state index contributed by atoms with van der Waals surface area (Å²) in [6.07, 6.45) is 2.57. The Hall–Kier alpha value is -2.61. The van der Waals surface area contributed by atoms with Crippen molar-refractivity contribution in [1.29, 1.82) is 0 Å². The topological polar surface area (TPSA) is 56.9 Å². The first-order valence-corrected chi connectivity index (χ1v) is 11.8. The summed E-state index contributed by atoms with van der Waals surface area (Å²) >= 11 is 0. The SMILES string of the molecule is c1ccc2[nH]c(CN3CCC[C@H](N4CCN(Cc5ccc6c(c5)OCO6)CC4)C3)nc2c1. The molecule has 6 rings (SSSR count). The number of ether oxygens (including phenoxy) is 2. The van der Waals surface area contributed by atoms with Crippen LogP contribution in [0.4, 0.5) is 0 Å². The molecule has 1 atom stereocenters. The van der Waals surface area contributed by atoms with Crippen molar-refractivity contribution in [3.63, 3.8) is 0 Å². The molecule has 7 nitrogen and oxygen atoms in total. The van der Waals surface area contributed by atoms with Gasteiger partial charge in [0.25, 0.3) is 0 Å². The molecule has 2 saturated heterocycles. The lowest BCUT2D eigenvalue weighted by Crippen LogP contribution is -2.54. The van der Waals surface area contributed by atoms with E-state index in [9.17, 15) is 0 Å². The Balaban J connectivity index is 1.02. The van der Waals surface area contributed by atoms with E-state index in [1.54, 1.807) is 0 Å². The number of rotatable bonds is 5.